The number of anilines is 1. The van der Waals surface area contributed by atoms with Gasteiger partial charge in [0.15, 0.2) is 11.5 Å². The SMILES string of the molecule is O=C(NCCC(O)c1ccc2c(c1)OCO2)Nc1ccccc1C(F)(F)F. The summed E-state index contributed by atoms with van der Waals surface area (Å²) in [6.07, 6.45) is -5.27. The van der Waals surface area contributed by atoms with Gasteiger partial charge in [-0.2, -0.15) is 13.2 Å². The number of aliphatic hydroxyl groups is 1. The molecule has 2 aromatic carbocycles. The summed E-state index contributed by atoms with van der Waals surface area (Å²) in [5, 5.41) is 14.8. The molecular weight excluding hydrogens is 365 g/mol. The molecule has 0 saturated heterocycles. The third kappa shape index (κ3) is 4.62. The highest BCUT2D eigenvalue weighted by atomic mass is 19.4. The number of carbonyl (C=O) groups excluding carboxylic acids is 1. The van der Waals surface area contributed by atoms with Crippen molar-refractivity contribution in [3.05, 3.63) is 53.6 Å². The van der Waals surface area contributed by atoms with Crippen LogP contribution in [0.15, 0.2) is 42.5 Å². The highest BCUT2D eigenvalue weighted by Gasteiger charge is 2.33. The largest absolute Gasteiger partial charge is 0.454 e. The van der Waals surface area contributed by atoms with E-state index in [1.54, 1.807) is 18.2 Å². The lowest BCUT2D eigenvalue weighted by molar-refractivity contribution is -0.136. The van der Waals surface area contributed by atoms with Crippen LogP contribution in [0.5, 0.6) is 11.5 Å². The second-order valence-electron chi connectivity index (χ2n) is 5.84. The molecule has 2 amide bonds. The summed E-state index contributed by atoms with van der Waals surface area (Å²) in [6, 6.07) is 8.91. The molecule has 3 N–H and O–H groups in total. The summed E-state index contributed by atoms with van der Waals surface area (Å²) in [4.78, 5) is 11.9. The van der Waals surface area contributed by atoms with E-state index in [0.717, 1.165) is 6.07 Å². The number of carbonyl (C=O) groups is 1. The Morgan fingerprint density at radius 2 is 1.89 bits per heavy atom. The number of amides is 2. The van der Waals surface area contributed by atoms with Gasteiger partial charge in [0, 0.05) is 6.54 Å². The Balaban J connectivity index is 1.51. The van der Waals surface area contributed by atoms with Crippen LogP contribution in [0.2, 0.25) is 0 Å². The lowest BCUT2D eigenvalue weighted by Crippen LogP contribution is -2.31. The van der Waals surface area contributed by atoms with E-state index in [4.69, 9.17) is 9.47 Å². The predicted molar refractivity (Wildman–Crippen MR) is 90.6 cm³/mol. The summed E-state index contributed by atoms with van der Waals surface area (Å²) in [6.45, 7) is 0.186. The number of aliphatic hydroxyl groups excluding tert-OH is 1. The maximum atomic E-state index is 12.9. The summed E-state index contributed by atoms with van der Waals surface area (Å²) in [7, 11) is 0. The fourth-order valence-electron chi connectivity index (χ4n) is 2.62. The average Bonchev–Trinajstić information content (AvgIpc) is 3.08. The van der Waals surface area contributed by atoms with E-state index in [2.05, 4.69) is 10.6 Å². The number of nitrogens with one attached hydrogen (secondary N) is 2. The molecule has 3 rings (SSSR count). The second-order valence-corrected chi connectivity index (χ2v) is 5.84. The van der Waals surface area contributed by atoms with E-state index in [-0.39, 0.29) is 25.4 Å². The van der Waals surface area contributed by atoms with Gasteiger partial charge in [0.05, 0.1) is 17.4 Å². The fourth-order valence-corrected chi connectivity index (χ4v) is 2.62. The molecule has 0 saturated carbocycles. The lowest BCUT2D eigenvalue weighted by atomic mass is 10.1. The maximum Gasteiger partial charge on any atom is 0.418 e. The van der Waals surface area contributed by atoms with Crippen molar-refractivity contribution in [1.29, 1.82) is 0 Å². The first kappa shape index (κ1) is 18.8. The molecule has 0 radical (unpaired) electrons. The number of rotatable bonds is 5. The molecule has 0 aliphatic carbocycles. The molecule has 0 spiro atoms. The van der Waals surface area contributed by atoms with Crippen LogP contribution in [-0.2, 0) is 6.18 Å². The number of benzene rings is 2. The summed E-state index contributed by atoms with van der Waals surface area (Å²) in [5.41, 5.74) is -0.678. The summed E-state index contributed by atoms with van der Waals surface area (Å²) in [5.74, 6) is 1.12. The third-order valence-corrected chi connectivity index (χ3v) is 3.97. The molecule has 1 atom stereocenters. The molecule has 0 fully saturated rings. The smallest absolute Gasteiger partial charge is 0.418 e. The van der Waals surface area contributed by atoms with Gasteiger partial charge in [-0.1, -0.05) is 18.2 Å². The van der Waals surface area contributed by atoms with Crippen molar-refractivity contribution in [2.75, 3.05) is 18.7 Å². The van der Waals surface area contributed by atoms with Crippen molar-refractivity contribution >= 4 is 11.7 Å². The first-order valence-electron chi connectivity index (χ1n) is 8.13. The Labute approximate surface area is 152 Å². The number of para-hydroxylation sites is 1. The van der Waals surface area contributed by atoms with Crippen LogP contribution >= 0.6 is 0 Å². The van der Waals surface area contributed by atoms with Gasteiger partial charge in [0.2, 0.25) is 6.79 Å². The zero-order valence-corrected chi connectivity index (χ0v) is 14.0. The van der Waals surface area contributed by atoms with Gasteiger partial charge in [-0.15, -0.1) is 0 Å². The Hall–Kier alpha value is -2.94. The molecule has 2 aromatic rings. The Morgan fingerprint density at radius 1 is 1.15 bits per heavy atom. The van der Waals surface area contributed by atoms with Gasteiger partial charge in [-0.25, -0.2) is 4.79 Å². The summed E-state index contributed by atoms with van der Waals surface area (Å²) >= 11 is 0. The van der Waals surface area contributed by atoms with Gasteiger partial charge in [0.1, 0.15) is 0 Å². The second kappa shape index (κ2) is 7.75. The number of ether oxygens (including phenoxy) is 2. The van der Waals surface area contributed by atoms with E-state index in [9.17, 15) is 23.1 Å². The van der Waals surface area contributed by atoms with Crippen molar-refractivity contribution < 1.29 is 32.5 Å². The molecule has 9 heteroatoms. The van der Waals surface area contributed by atoms with E-state index in [0.29, 0.717) is 17.1 Å². The minimum Gasteiger partial charge on any atom is -0.454 e. The van der Waals surface area contributed by atoms with Crippen LogP contribution in [0.4, 0.5) is 23.7 Å². The maximum absolute atomic E-state index is 12.9. The topological polar surface area (TPSA) is 79.8 Å². The highest BCUT2D eigenvalue weighted by Crippen LogP contribution is 2.35. The van der Waals surface area contributed by atoms with E-state index in [1.165, 1.54) is 18.2 Å². The number of halogens is 3. The Kier molecular flexibility index (Phi) is 5.41. The molecule has 144 valence electrons. The highest BCUT2D eigenvalue weighted by molar-refractivity contribution is 5.90. The lowest BCUT2D eigenvalue weighted by Gasteiger charge is -2.15. The standard InChI is InChI=1S/C18H17F3N2O4/c19-18(20,21)12-3-1-2-4-13(12)23-17(25)22-8-7-14(24)11-5-6-15-16(9-11)27-10-26-15/h1-6,9,14,24H,7-8,10H2,(H2,22,23,25). The van der Waals surface area contributed by atoms with Crippen molar-refractivity contribution in [2.45, 2.75) is 18.7 Å². The van der Waals surface area contributed by atoms with Crippen LogP contribution in [0.1, 0.15) is 23.7 Å². The molecule has 27 heavy (non-hydrogen) atoms. The van der Waals surface area contributed by atoms with Crippen molar-refractivity contribution in [3.63, 3.8) is 0 Å². The number of hydrogen-bond donors (Lipinski definition) is 3. The van der Waals surface area contributed by atoms with Crippen LogP contribution in [0.3, 0.4) is 0 Å². The first-order chi connectivity index (χ1) is 12.8. The number of fused-ring (bicyclic) bond motifs is 1. The minimum atomic E-state index is -4.57. The predicted octanol–water partition coefficient (Wildman–Crippen LogP) is 3.68. The monoisotopic (exact) mass is 382 g/mol. The van der Waals surface area contributed by atoms with E-state index in [1.807, 2.05) is 0 Å². The quantitative estimate of drug-likeness (QED) is 0.737. The molecule has 6 nitrogen and oxygen atoms in total. The van der Waals surface area contributed by atoms with Crippen LogP contribution in [0.25, 0.3) is 0 Å². The molecule has 1 unspecified atom stereocenters. The molecule has 1 aliphatic rings. The van der Waals surface area contributed by atoms with Gasteiger partial charge in [-0.3, -0.25) is 0 Å². The average molecular weight is 382 g/mol. The number of alkyl halides is 3. The Morgan fingerprint density at radius 3 is 2.67 bits per heavy atom. The zero-order valence-electron chi connectivity index (χ0n) is 14.0. The fraction of sp³-hybridized carbons (Fsp3) is 0.278. The first-order valence-corrected chi connectivity index (χ1v) is 8.13. The zero-order chi connectivity index (χ0) is 19.4. The van der Waals surface area contributed by atoms with E-state index >= 15 is 0 Å². The molecule has 1 heterocycles. The van der Waals surface area contributed by atoms with Crippen molar-refractivity contribution in [1.82, 2.24) is 5.32 Å². The van der Waals surface area contributed by atoms with E-state index < -0.39 is 23.9 Å². The Bertz CT molecular complexity index is 826. The third-order valence-electron chi connectivity index (χ3n) is 3.97. The van der Waals surface area contributed by atoms with Crippen molar-refractivity contribution in [3.8, 4) is 11.5 Å². The number of hydrogen-bond acceptors (Lipinski definition) is 4. The van der Waals surface area contributed by atoms with Gasteiger partial charge < -0.3 is 25.2 Å². The molecule has 0 bridgehead atoms. The van der Waals surface area contributed by atoms with Crippen LogP contribution < -0.4 is 20.1 Å². The van der Waals surface area contributed by atoms with Gasteiger partial charge >= 0.3 is 12.2 Å². The summed E-state index contributed by atoms with van der Waals surface area (Å²) < 4.78 is 49.2. The minimum absolute atomic E-state index is 0.0651. The van der Waals surface area contributed by atoms with Crippen molar-refractivity contribution in [2.24, 2.45) is 0 Å². The van der Waals surface area contributed by atoms with Crippen LogP contribution in [0, 0.1) is 0 Å². The number of urea groups is 1. The van der Waals surface area contributed by atoms with Crippen LogP contribution in [-0.4, -0.2) is 24.5 Å². The normalized spacial score (nSPS) is 13.9. The molecule has 1 aliphatic heterocycles. The molecular formula is C18H17F3N2O4. The molecule has 0 aromatic heterocycles. The van der Waals surface area contributed by atoms with Gasteiger partial charge in [0.25, 0.3) is 0 Å². The van der Waals surface area contributed by atoms with Gasteiger partial charge in [-0.05, 0) is 36.2 Å².